The van der Waals surface area contributed by atoms with Gasteiger partial charge in [-0.1, -0.05) is 41.5 Å². The maximum absolute atomic E-state index is 11.3. The van der Waals surface area contributed by atoms with E-state index in [1.165, 1.54) is 0 Å². The number of quaternary nitrogens is 1. The molecule has 0 saturated carbocycles. The molecule has 27 heavy (non-hydrogen) atoms. The molecule has 0 spiro atoms. The molecule has 164 valence electrons. The van der Waals surface area contributed by atoms with Crippen LogP contribution in [0.3, 0.4) is 0 Å². The van der Waals surface area contributed by atoms with Gasteiger partial charge in [-0.15, -0.1) is 0 Å². The molecule has 0 aromatic carbocycles. The van der Waals surface area contributed by atoms with Crippen LogP contribution in [0.15, 0.2) is 0 Å². The van der Waals surface area contributed by atoms with Crippen molar-refractivity contribution in [2.24, 2.45) is 16.2 Å². The van der Waals surface area contributed by atoms with E-state index >= 15 is 0 Å². The van der Waals surface area contributed by atoms with E-state index in [4.69, 9.17) is 0 Å². The fraction of sp³-hybridized carbons (Fsp3) is 1.00. The maximum atomic E-state index is 11.3. The average Bonchev–Trinajstić information content (AvgIpc) is 2.15. The minimum atomic E-state index is -3.96. The summed E-state index contributed by atoms with van der Waals surface area (Å²) in [4.78, 5) is 2.29. The standard InChI is InChI=1S/C21H46N2O3S/c1-18(2,13-20(5,6)17-27(24,25)26)15-23(11,12)16-19(3,4)14-21(7,8)22(9)10/h13-17H2,1-12H3/p+1. The van der Waals surface area contributed by atoms with Crippen molar-refractivity contribution in [3.63, 3.8) is 0 Å². The third-order valence-electron chi connectivity index (χ3n) is 5.36. The Bertz CT molecular complexity index is 589. The summed E-state index contributed by atoms with van der Waals surface area (Å²) in [6, 6.07) is 0. The van der Waals surface area contributed by atoms with Gasteiger partial charge in [-0.25, -0.2) is 0 Å². The summed E-state index contributed by atoms with van der Waals surface area (Å²) >= 11 is 0. The zero-order valence-corrected chi connectivity index (χ0v) is 20.9. The van der Waals surface area contributed by atoms with E-state index in [9.17, 15) is 13.0 Å². The number of rotatable bonds is 11. The van der Waals surface area contributed by atoms with Gasteiger partial charge in [0.15, 0.2) is 0 Å². The molecule has 0 unspecified atom stereocenters. The second-order valence-corrected chi connectivity index (χ2v) is 14.0. The predicted octanol–water partition coefficient (Wildman–Crippen LogP) is 4.15. The fourth-order valence-electron chi connectivity index (χ4n) is 5.65. The Morgan fingerprint density at radius 2 is 1.15 bits per heavy atom. The molecule has 0 rings (SSSR count). The summed E-state index contributed by atoms with van der Waals surface area (Å²) in [7, 11) is 4.84. The molecule has 1 N–H and O–H groups in total. The van der Waals surface area contributed by atoms with E-state index < -0.39 is 15.5 Å². The van der Waals surface area contributed by atoms with E-state index in [0.717, 1.165) is 30.4 Å². The Balaban J connectivity index is 5.16. The first-order valence-electron chi connectivity index (χ1n) is 9.92. The van der Waals surface area contributed by atoms with Crippen LogP contribution < -0.4 is 0 Å². The summed E-state index contributed by atoms with van der Waals surface area (Å²) in [6.07, 6.45) is 1.84. The van der Waals surface area contributed by atoms with E-state index in [2.05, 4.69) is 74.6 Å². The largest absolute Gasteiger partial charge is 0.328 e. The Morgan fingerprint density at radius 3 is 1.48 bits per heavy atom. The van der Waals surface area contributed by atoms with Gasteiger partial charge in [0.2, 0.25) is 0 Å². The summed E-state index contributed by atoms with van der Waals surface area (Å²) in [5, 5.41) is 0. The molecule has 5 nitrogen and oxygen atoms in total. The first-order chi connectivity index (χ1) is 11.5. The molecule has 0 aromatic rings. The molecule has 0 atom stereocenters. The molecule has 0 aromatic heterocycles. The van der Waals surface area contributed by atoms with Crippen LogP contribution in [0.1, 0.15) is 68.2 Å². The van der Waals surface area contributed by atoms with Gasteiger partial charge >= 0.3 is 0 Å². The van der Waals surface area contributed by atoms with Gasteiger partial charge in [0.05, 0.1) is 32.9 Å². The lowest BCUT2D eigenvalue weighted by Gasteiger charge is -2.46. The molecule has 0 bridgehead atoms. The minimum Gasteiger partial charge on any atom is -0.328 e. The van der Waals surface area contributed by atoms with E-state index in [0.29, 0.717) is 0 Å². The normalized spacial score (nSPS) is 15.5. The fourth-order valence-corrected chi connectivity index (χ4v) is 6.74. The Morgan fingerprint density at radius 1 is 0.778 bits per heavy atom. The lowest BCUT2D eigenvalue weighted by molar-refractivity contribution is -0.903. The van der Waals surface area contributed by atoms with Crippen molar-refractivity contribution in [1.29, 1.82) is 0 Å². The Hall–Kier alpha value is -0.170. The summed E-state index contributed by atoms with van der Waals surface area (Å²) < 4.78 is 32.8. The molecule has 0 aliphatic rings. The van der Waals surface area contributed by atoms with Crippen molar-refractivity contribution in [2.45, 2.75) is 73.8 Å². The van der Waals surface area contributed by atoms with Crippen molar-refractivity contribution < 1.29 is 17.5 Å². The van der Waals surface area contributed by atoms with Crippen molar-refractivity contribution in [3.8, 4) is 0 Å². The maximum Gasteiger partial charge on any atom is 0.265 e. The third kappa shape index (κ3) is 11.4. The van der Waals surface area contributed by atoms with Crippen LogP contribution in [0.25, 0.3) is 0 Å². The highest BCUT2D eigenvalue weighted by Gasteiger charge is 2.40. The van der Waals surface area contributed by atoms with Crippen LogP contribution in [0.2, 0.25) is 0 Å². The van der Waals surface area contributed by atoms with Crippen LogP contribution in [0.4, 0.5) is 0 Å². The molecule has 6 heteroatoms. The highest BCUT2D eigenvalue weighted by molar-refractivity contribution is 7.85. The van der Waals surface area contributed by atoms with Gasteiger partial charge < -0.3 is 9.38 Å². The third-order valence-corrected chi connectivity index (χ3v) is 6.51. The number of hydrogen-bond acceptors (Lipinski definition) is 3. The predicted molar refractivity (Wildman–Crippen MR) is 117 cm³/mol. The Kier molecular flexibility index (Phi) is 8.24. The van der Waals surface area contributed by atoms with Crippen molar-refractivity contribution in [2.75, 3.05) is 47.0 Å². The van der Waals surface area contributed by atoms with Crippen LogP contribution in [0.5, 0.6) is 0 Å². The van der Waals surface area contributed by atoms with Crippen molar-refractivity contribution in [3.05, 3.63) is 0 Å². The van der Waals surface area contributed by atoms with Gasteiger partial charge in [-0.05, 0) is 46.2 Å². The highest BCUT2D eigenvalue weighted by Crippen LogP contribution is 2.38. The first kappa shape index (κ1) is 26.8. The molecular weight excluding hydrogens is 360 g/mol. The lowest BCUT2D eigenvalue weighted by atomic mass is 9.74. The number of nitrogens with zero attached hydrogens (tertiary/aromatic N) is 2. The Labute approximate surface area is 169 Å². The first-order valence-corrected chi connectivity index (χ1v) is 11.5. The van der Waals surface area contributed by atoms with Crippen LogP contribution in [-0.4, -0.2) is 74.9 Å². The second kappa shape index (κ2) is 8.29. The summed E-state index contributed by atoms with van der Waals surface area (Å²) in [5.41, 5.74) is -0.182. The van der Waals surface area contributed by atoms with E-state index in [1.807, 2.05) is 13.8 Å². The lowest BCUT2D eigenvalue weighted by Crippen LogP contribution is -2.54. The van der Waals surface area contributed by atoms with Gasteiger partial charge in [-0.3, -0.25) is 4.55 Å². The highest BCUT2D eigenvalue weighted by atomic mass is 32.2. The van der Waals surface area contributed by atoms with Crippen LogP contribution in [-0.2, 0) is 10.1 Å². The van der Waals surface area contributed by atoms with Crippen molar-refractivity contribution in [1.82, 2.24) is 4.90 Å². The van der Waals surface area contributed by atoms with E-state index in [-0.39, 0.29) is 22.1 Å². The topological polar surface area (TPSA) is 57.6 Å². The molecule has 0 heterocycles. The van der Waals surface area contributed by atoms with Gasteiger partial charge in [-0.2, -0.15) is 8.42 Å². The molecule has 0 amide bonds. The average molecular weight is 408 g/mol. The summed E-state index contributed by atoms with van der Waals surface area (Å²) in [6.45, 7) is 19.5. The zero-order valence-electron chi connectivity index (χ0n) is 20.1. The van der Waals surface area contributed by atoms with Gasteiger partial charge in [0, 0.05) is 16.4 Å². The molecule has 0 aliphatic heterocycles. The monoisotopic (exact) mass is 407 g/mol. The zero-order chi connectivity index (χ0) is 22.1. The quantitative estimate of drug-likeness (QED) is 0.413. The molecule has 0 radical (unpaired) electrons. The number of hydrogen-bond donors (Lipinski definition) is 1. The van der Waals surface area contributed by atoms with Gasteiger partial charge in [0.1, 0.15) is 0 Å². The summed E-state index contributed by atoms with van der Waals surface area (Å²) in [5.74, 6) is -0.195. The van der Waals surface area contributed by atoms with Crippen LogP contribution >= 0.6 is 0 Å². The molecule has 0 fully saturated rings. The molecule has 0 saturated heterocycles. The molecular formula is C21H47N2O3S+. The van der Waals surface area contributed by atoms with E-state index in [1.54, 1.807) is 0 Å². The van der Waals surface area contributed by atoms with Crippen LogP contribution in [0, 0.1) is 16.2 Å². The second-order valence-electron chi connectivity index (χ2n) is 12.5. The molecule has 0 aliphatic carbocycles. The SMILES string of the molecule is CN(C)C(C)(C)CC(C)(C)C[N+](C)(C)CC(C)(C)CC(C)(C)CS(=O)(=O)O. The van der Waals surface area contributed by atoms with Gasteiger partial charge in [0.25, 0.3) is 10.1 Å². The minimum absolute atomic E-state index is 0.0369. The smallest absolute Gasteiger partial charge is 0.265 e. The van der Waals surface area contributed by atoms with Crippen molar-refractivity contribution >= 4 is 10.1 Å².